The maximum Gasteiger partial charge on any atom is 0.158 e. The van der Waals surface area contributed by atoms with Crippen LogP contribution in [0.1, 0.15) is 56.7 Å². The molecule has 1 aromatic heterocycles. The van der Waals surface area contributed by atoms with Crippen LogP contribution in [0.5, 0.6) is 11.5 Å². The molecule has 0 radical (unpaired) electrons. The number of benzene rings is 2. The van der Waals surface area contributed by atoms with Crippen molar-refractivity contribution in [2.75, 3.05) is 26.2 Å². The second-order valence-electron chi connectivity index (χ2n) is 9.45. The first kappa shape index (κ1) is 22.3. The van der Waals surface area contributed by atoms with Crippen molar-refractivity contribution < 1.29 is 9.47 Å². The average molecular weight is 466 g/mol. The number of hydrogen-bond acceptors (Lipinski definition) is 4. The molecule has 0 amide bonds. The molecular weight excluding hydrogens is 434 g/mol. The van der Waals surface area contributed by atoms with Crippen LogP contribution in [-0.2, 0) is 6.61 Å². The highest BCUT2D eigenvalue weighted by Crippen LogP contribution is 2.32. The predicted molar refractivity (Wildman–Crippen MR) is 134 cm³/mol. The molecule has 2 aliphatic rings. The van der Waals surface area contributed by atoms with E-state index >= 15 is 0 Å². The Morgan fingerprint density at radius 2 is 1.88 bits per heavy atom. The molecule has 1 fully saturated rings. The first-order valence-corrected chi connectivity index (χ1v) is 12.4. The average Bonchev–Trinajstić information content (AvgIpc) is 2.97. The van der Waals surface area contributed by atoms with Crippen LogP contribution >= 0.6 is 11.6 Å². The van der Waals surface area contributed by atoms with Crippen LogP contribution in [0.4, 0.5) is 0 Å². The normalized spacial score (nSPS) is 16.9. The maximum absolute atomic E-state index is 6.37. The zero-order chi connectivity index (χ0) is 22.8. The Bertz CT molecular complexity index is 1160. The summed E-state index contributed by atoms with van der Waals surface area (Å²) in [7, 11) is 0. The summed E-state index contributed by atoms with van der Waals surface area (Å²) < 4.78 is 14.1. The Morgan fingerprint density at radius 1 is 1.06 bits per heavy atom. The Labute approximate surface area is 200 Å². The van der Waals surface area contributed by atoms with E-state index in [-0.39, 0.29) is 6.04 Å². The lowest BCUT2D eigenvalue weighted by Gasteiger charge is -2.25. The van der Waals surface area contributed by atoms with Gasteiger partial charge < -0.3 is 9.47 Å². The van der Waals surface area contributed by atoms with Gasteiger partial charge in [0.25, 0.3) is 0 Å². The van der Waals surface area contributed by atoms with Crippen LogP contribution < -0.4 is 9.47 Å². The molecule has 3 heterocycles. The third-order valence-corrected chi connectivity index (χ3v) is 6.78. The molecule has 3 aromatic rings. The Balaban J connectivity index is 1.25. The van der Waals surface area contributed by atoms with Crippen molar-refractivity contribution in [3.05, 3.63) is 58.3 Å². The summed E-state index contributed by atoms with van der Waals surface area (Å²) in [5.74, 6) is 1.70. The molecule has 0 aliphatic carbocycles. The van der Waals surface area contributed by atoms with Crippen LogP contribution in [0, 0.1) is 0 Å². The number of ether oxygens (including phenoxy) is 2. The molecule has 0 atom stereocenters. The van der Waals surface area contributed by atoms with Gasteiger partial charge in [-0.05, 0) is 81.3 Å². The largest absolute Gasteiger partial charge is 0.489 e. The summed E-state index contributed by atoms with van der Waals surface area (Å²) >= 11 is 6.37. The fraction of sp³-hybridized carbons (Fsp3) is 0.444. The summed E-state index contributed by atoms with van der Waals surface area (Å²) in [5, 5.41) is 5.95. The van der Waals surface area contributed by atoms with E-state index < -0.39 is 0 Å². The highest BCUT2D eigenvalue weighted by molar-refractivity contribution is 6.34. The van der Waals surface area contributed by atoms with Crippen molar-refractivity contribution in [2.45, 2.75) is 52.2 Å². The van der Waals surface area contributed by atoms with Crippen molar-refractivity contribution in [2.24, 2.45) is 0 Å². The second kappa shape index (κ2) is 9.78. The molecule has 2 aromatic carbocycles. The lowest BCUT2D eigenvalue weighted by Crippen LogP contribution is -2.29. The fourth-order valence-electron chi connectivity index (χ4n) is 4.75. The van der Waals surface area contributed by atoms with E-state index in [2.05, 4.69) is 54.2 Å². The van der Waals surface area contributed by atoms with Gasteiger partial charge in [0.1, 0.15) is 24.7 Å². The fourth-order valence-corrected chi connectivity index (χ4v) is 4.99. The van der Waals surface area contributed by atoms with Crippen molar-refractivity contribution in [1.82, 2.24) is 14.7 Å². The molecule has 0 N–H and O–H groups in total. The van der Waals surface area contributed by atoms with Gasteiger partial charge in [0.05, 0.1) is 5.52 Å². The number of likely N-dealkylation sites (tertiary alicyclic amines) is 1. The quantitative estimate of drug-likeness (QED) is 0.416. The van der Waals surface area contributed by atoms with E-state index in [1.807, 2.05) is 16.8 Å². The predicted octanol–water partition coefficient (Wildman–Crippen LogP) is 6.50. The SMILES string of the molecule is CC(C)n1nc(Cl)c2cc(COc3ccc4c(c3)OCC(CN3CCCCCC3)=C4)ccc21. The van der Waals surface area contributed by atoms with Gasteiger partial charge in [-0.2, -0.15) is 5.10 Å². The zero-order valence-corrected chi connectivity index (χ0v) is 20.3. The van der Waals surface area contributed by atoms with Gasteiger partial charge in [-0.3, -0.25) is 9.58 Å². The number of aromatic nitrogens is 2. The number of hydrogen-bond donors (Lipinski definition) is 0. The van der Waals surface area contributed by atoms with Gasteiger partial charge in [-0.1, -0.05) is 30.5 Å². The molecule has 0 saturated carbocycles. The molecule has 6 heteroatoms. The van der Waals surface area contributed by atoms with Crippen LogP contribution in [0.2, 0.25) is 5.15 Å². The number of fused-ring (bicyclic) bond motifs is 2. The minimum Gasteiger partial charge on any atom is -0.489 e. The number of halogens is 1. The molecule has 0 spiro atoms. The van der Waals surface area contributed by atoms with Gasteiger partial charge >= 0.3 is 0 Å². The minimum absolute atomic E-state index is 0.261. The lowest BCUT2D eigenvalue weighted by molar-refractivity contribution is 0.278. The van der Waals surface area contributed by atoms with Gasteiger partial charge in [0, 0.05) is 29.6 Å². The minimum atomic E-state index is 0.261. The molecule has 0 bridgehead atoms. The lowest BCUT2D eigenvalue weighted by atomic mass is 10.1. The Morgan fingerprint density at radius 3 is 2.67 bits per heavy atom. The topological polar surface area (TPSA) is 39.5 Å². The smallest absolute Gasteiger partial charge is 0.158 e. The molecule has 33 heavy (non-hydrogen) atoms. The van der Waals surface area contributed by atoms with Crippen LogP contribution in [0.25, 0.3) is 17.0 Å². The molecule has 1 saturated heterocycles. The van der Waals surface area contributed by atoms with Gasteiger partial charge in [0.2, 0.25) is 0 Å². The first-order valence-electron chi connectivity index (χ1n) is 12.0. The standard InChI is InChI=1S/C27H32ClN3O2/c1-19(2)31-25-10-7-20(14-24(25)27(28)29-31)17-32-23-9-8-22-13-21(18-33-26(22)15-23)16-30-11-5-3-4-6-12-30/h7-10,13-15,19H,3-6,11-12,16-18H2,1-2H3. The molecule has 0 unspecified atom stereocenters. The van der Waals surface area contributed by atoms with E-state index in [1.165, 1.54) is 44.3 Å². The Kier molecular flexibility index (Phi) is 6.61. The molecule has 5 rings (SSSR count). The monoisotopic (exact) mass is 465 g/mol. The van der Waals surface area contributed by atoms with Crippen molar-refractivity contribution in [3.63, 3.8) is 0 Å². The Hall–Kier alpha value is -2.50. The van der Waals surface area contributed by atoms with Gasteiger partial charge in [0.15, 0.2) is 5.15 Å². The van der Waals surface area contributed by atoms with E-state index in [4.69, 9.17) is 21.1 Å². The van der Waals surface area contributed by atoms with Crippen LogP contribution in [0.15, 0.2) is 42.0 Å². The van der Waals surface area contributed by atoms with E-state index in [9.17, 15) is 0 Å². The first-order chi connectivity index (χ1) is 16.1. The van der Waals surface area contributed by atoms with Crippen LogP contribution in [0.3, 0.4) is 0 Å². The summed E-state index contributed by atoms with van der Waals surface area (Å²) in [4.78, 5) is 2.57. The molecule has 5 nitrogen and oxygen atoms in total. The highest BCUT2D eigenvalue weighted by atomic mass is 35.5. The summed E-state index contributed by atoms with van der Waals surface area (Å²) in [6.07, 6.45) is 7.63. The number of rotatable bonds is 6. The van der Waals surface area contributed by atoms with Gasteiger partial charge in [-0.15, -0.1) is 0 Å². The summed E-state index contributed by atoms with van der Waals surface area (Å²) in [5.41, 5.74) is 4.59. The molecule has 174 valence electrons. The summed E-state index contributed by atoms with van der Waals surface area (Å²) in [6.45, 7) is 8.74. The van der Waals surface area contributed by atoms with E-state index in [0.29, 0.717) is 18.4 Å². The van der Waals surface area contributed by atoms with E-state index in [0.717, 1.165) is 40.1 Å². The molecular formula is C27H32ClN3O2. The van der Waals surface area contributed by atoms with Gasteiger partial charge in [-0.25, -0.2) is 0 Å². The third-order valence-electron chi connectivity index (χ3n) is 6.50. The zero-order valence-electron chi connectivity index (χ0n) is 19.5. The maximum atomic E-state index is 6.37. The summed E-state index contributed by atoms with van der Waals surface area (Å²) in [6, 6.07) is 12.6. The molecule has 2 aliphatic heterocycles. The van der Waals surface area contributed by atoms with Crippen LogP contribution in [-0.4, -0.2) is 40.9 Å². The third kappa shape index (κ3) is 5.04. The number of nitrogens with zero attached hydrogens (tertiary/aromatic N) is 3. The second-order valence-corrected chi connectivity index (χ2v) is 9.81. The van der Waals surface area contributed by atoms with Crippen molar-refractivity contribution in [1.29, 1.82) is 0 Å². The van der Waals surface area contributed by atoms with Crippen molar-refractivity contribution >= 4 is 28.6 Å². The van der Waals surface area contributed by atoms with E-state index in [1.54, 1.807) is 0 Å². The van der Waals surface area contributed by atoms with Crippen molar-refractivity contribution in [3.8, 4) is 11.5 Å². The highest BCUT2D eigenvalue weighted by Gasteiger charge is 2.17.